The Balaban J connectivity index is 1.83. The van der Waals surface area contributed by atoms with Gasteiger partial charge < -0.3 is 38.7 Å². The molecule has 0 amide bonds. The summed E-state index contributed by atoms with van der Waals surface area (Å²) < 4.78 is 42.1. The third-order valence-electron chi connectivity index (χ3n) is 5.03. The Labute approximate surface area is 217 Å². The van der Waals surface area contributed by atoms with Gasteiger partial charge in [-0.1, -0.05) is 25.1 Å². The van der Waals surface area contributed by atoms with Gasteiger partial charge in [-0.05, 0) is 41.4 Å². The molecule has 0 saturated carbocycles. The Morgan fingerprint density at radius 1 is 1.17 bits per heavy atom. The van der Waals surface area contributed by atoms with Gasteiger partial charge in [0.05, 0.1) is 19.3 Å². The van der Waals surface area contributed by atoms with Gasteiger partial charge in [0.25, 0.3) is 0 Å². The van der Waals surface area contributed by atoms with Crippen LogP contribution >= 0.6 is 23.5 Å². The van der Waals surface area contributed by atoms with Gasteiger partial charge in [0.2, 0.25) is 0 Å². The number of imidazole rings is 1. The van der Waals surface area contributed by atoms with E-state index in [1.807, 2.05) is 25.1 Å². The number of fused-ring (bicyclic) bond motifs is 1. The summed E-state index contributed by atoms with van der Waals surface area (Å²) in [5, 5.41) is 0. The molecule has 36 heavy (non-hydrogen) atoms. The number of nitrogens with two attached hydrogens (primary N) is 1. The van der Waals surface area contributed by atoms with Crippen molar-refractivity contribution in [2.24, 2.45) is 0 Å². The van der Waals surface area contributed by atoms with E-state index in [1.165, 1.54) is 0 Å². The lowest BCUT2D eigenvalue weighted by molar-refractivity contribution is 0.0225. The number of halogens is 1. The Morgan fingerprint density at radius 2 is 1.92 bits per heavy atom. The first-order valence-electron chi connectivity index (χ1n) is 11.3. The molecule has 0 bridgehead atoms. The van der Waals surface area contributed by atoms with E-state index in [0.29, 0.717) is 34.7 Å². The summed E-state index contributed by atoms with van der Waals surface area (Å²) in [5.41, 5.74) is 6.86. The second-order valence-electron chi connectivity index (χ2n) is 7.90. The molecule has 0 aliphatic carbocycles. The van der Waals surface area contributed by atoms with Crippen molar-refractivity contribution in [1.29, 1.82) is 0 Å². The molecule has 3 unspecified atom stereocenters. The molecule has 198 valence electrons. The number of benzene rings is 1. The van der Waals surface area contributed by atoms with E-state index in [4.69, 9.17) is 29.2 Å². The zero-order valence-electron chi connectivity index (χ0n) is 20.4. The maximum atomic E-state index is 12.5. The minimum absolute atomic E-state index is 0.0746. The molecule has 2 heterocycles. The first kappa shape index (κ1) is 28.3. The highest BCUT2D eigenvalue weighted by molar-refractivity contribution is 9.10. The summed E-state index contributed by atoms with van der Waals surface area (Å²) in [4.78, 5) is 23.2. The highest BCUT2D eigenvalue weighted by atomic mass is 79.9. The van der Waals surface area contributed by atoms with E-state index in [9.17, 15) is 9.46 Å². The molecule has 0 spiro atoms. The normalized spacial score (nSPS) is 14.9. The standard InChI is InChI=1S/C22H31BrN5O7P/c1-4-15(2)35-36(29,30)14-34-17(13-33-16-8-6-5-7-9-16)12-28-20-18(25-21(28)23)19(24)26-22(27-20)32-11-10-31-3/h5-9,15,17H,4,10-14H2,1-3H3,(H,29,30)(H2,24,26,27). The fourth-order valence-corrected chi connectivity index (χ4v) is 4.73. The zero-order chi connectivity index (χ0) is 26.1. The Hall–Kier alpha value is -2.28. The van der Waals surface area contributed by atoms with Crippen LogP contribution in [0.2, 0.25) is 0 Å². The van der Waals surface area contributed by atoms with Crippen LogP contribution in [0.3, 0.4) is 0 Å². The average Bonchev–Trinajstić information content (AvgIpc) is 3.16. The molecule has 0 aliphatic heterocycles. The van der Waals surface area contributed by atoms with Crippen molar-refractivity contribution in [2.45, 2.75) is 39.0 Å². The number of anilines is 1. The van der Waals surface area contributed by atoms with Crippen molar-refractivity contribution in [3.8, 4) is 11.8 Å². The number of aromatic nitrogens is 4. The minimum Gasteiger partial charge on any atom is -0.491 e. The van der Waals surface area contributed by atoms with Crippen LogP contribution < -0.4 is 15.2 Å². The highest BCUT2D eigenvalue weighted by Crippen LogP contribution is 2.44. The summed E-state index contributed by atoms with van der Waals surface area (Å²) >= 11 is 3.43. The Bertz CT molecular complexity index is 1170. The lowest BCUT2D eigenvalue weighted by Gasteiger charge is -2.22. The lowest BCUT2D eigenvalue weighted by atomic mass is 10.3. The van der Waals surface area contributed by atoms with Gasteiger partial charge in [0, 0.05) is 7.11 Å². The molecular weight excluding hydrogens is 557 g/mol. The van der Waals surface area contributed by atoms with Gasteiger partial charge >= 0.3 is 13.6 Å². The molecule has 1 aromatic carbocycles. The fourth-order valence-electron chi connectivity index (χ4n) is 3.07. The quantitative estimate of drug-likeness (QED) is 0.152. The molecule has 3 atom stereocenters. The van der Waals surface area contributed by atoms with E-state index >= 15 is 0 Å². The van der Waals surface area contributed by atoms with Gasteiger partial charge in [-0.15, -0.1) is 0 Å². The number of rotatable bonds is 15. The maximum Gasteiger partial charge on any atom is 0.353 e. The van der Waals surface area contributed by atoms with Crippen LogP contribution in [-0.4, -0.2) is 69.9 Å². The van der Waals surface area contributed by atoms with Crippen molar-refractivity contribution in [3.05, 3.63) is 35.1 Å². The topological polar surface area (TPSA) is 153 Å². The molecule has 3 N–H and O–H groups in total. The van der Waals surface area contributed by atoms with Gasteiger partial charge in [0.1, 0.15) is 31.4 Å². The molecule has 0 radical (unpaired) electrons. The molecule has 0 fully saturated rings. The summed E-state index contributed by atoms with van der Waals surface area (Å²) in [6, 6.07) is 9.25. The van der Waals surface area contributed by atoms with Crippen LogP contribution in [0, 0.1) is 0 Å². The maximum absolute atomic E-state index is 12.5. The zero-order valence-corrected chi connectivity index (χ0v) is 22.9. The summed E-state index contributed by atoms with van der Waals surface area (Å²) in [6.45, 7) is 4.44. The fraction of sp³-hybridized carbons (Fsp3) is 0.500. The van der Waals surface area contributed by atoms with Crippen molar-refractivity contribution < 1.29 is 32.9 Å². The number of para-hydroxylation sites is 1. The second kappa shape index (κ2) is 13.3. The van der Waals surface area contributed by atoms with Crippen molar-refractivity contribution in [2.75, 3.05) is 39.0 Å². The molecule has 2 aromatic heterocycles. The number of methoxy groups -OCH3 is 1. The Kier molecular flexibility index (Phi) is 10.5. The number of ether oxygens (including phenoxy) is 4. The van der Waals surface area contributed by atoms with Crippen LogP contribution in [0.15, 0.2) is 35.1 Å². The van der Waals surface area contributed by atoms with Crippen molar-refractivity contribution in [1.82, 2.24) is 19.5 Å². The van der Waals surface area contributed by atoms with E-state index in [1.54, 1.807) is 30.7 Å². The molecule has 3 rings (SSSR count). The van der Waals surface area contributed by atoms with Crippen LogP contribution in [0.25, 0.3) is 11.2 Å². The molecule has 3 aromatic rings. The minimum atomic E-state index is -3.99. The molecule has 0 saturated heterocycles. The first-order valence-corrected chi connectivity index (χ1v) is 13.9. The van der Waals surface area contributed by atoms with E-state index in [-0.39, 0.29) is 37.7 Å². The predicted octanol–water partition coefficient (Wildman–Crippen LogP) is 3.62. The van der Waals surface area contributed by atoms with Gasteiger partial charge in [0.15, 0.2) is 21.7 Å². The summed E-state index contributed by atoms with van der Waals surface area (Å²) in [6.07, 6.45) is -0.970. The molecule has 0 aliphatic rings. The second-order valence-corrected chi connectivity index (χ2v) is 10.4. The predicted molar refractivity (Wildman–Crippen MR) is 137 cm³/mol. The Morgan fingerprint density at radius 3 is 2.61 bits per heavy atom. The number of nitrogen functional groups attached to an aromatic ring is 1. The van der Waals surface area contributed by atoms with E-state index < -0.39 is 20.0 Å². The first-order chi connectivity index (χ1) is 17.2. The van der Waals surface area contributed by atoms with Gasteiger partial charge in [-0.25, -0.2) is 4.98 Å². The van der Waals surface area contributed by atoms with Crippen molar-refractivity contribution in [3.63, 3.8) is 0 Å². The molecule has 14 heteroatoms. The SMILES string of the molecule is CCC(C)OP(=O)(O)COC(COc1ccccc1)Cn1c(Br)nc2c(N)nc(OCCOC)nc21. The largest absolute Gasteiger partial charge is 0.491 e. The average molecular weight is 588 g/mol. The van der Waals surface area contributed by atoms with Crippen LogP contribution in [0.5, 0.6) is 11.8 Å². The monoisotopic (exact) mass is 587 g/mol. The van der Waals surface area contributed by atoms with Crippen LogP contribution in [-0.2, 0) is 25.1 Å². The van der Waals surface area contributed by atoms with E-state index in [0.717, 1.165) is 0 Å². The number of hydrogen-bond acceptors (Lipinski definition) is 10. The van der Waals surface area contributed by atoms with Crippen molar-refractivity contribution >= 4 is 40.5 Å². The van der Waals surface area contributed by atoms with Crippen LogP contribution in [0.4, 0.5) is 5.82 Å². The highest BCUT2D eigenvalue weighted by Gasteiger charge is 2.27. The van der Waals surface area contributed by atoms with Crippen LogP contribution in [0.1, 0.15) is 20.3 Å². The molecule has 12 nitrogen and oxygen atoms in total. The number of hydrogen-bond donors (Lipinski definition) is 2. The smallest absolute Gasteiger partial charge is 0.353 e. The summed E-state index contributed by atoms with van der Waals surface area (Å²) in [5.74, 6) is 0.774. The third kappa shape index (κ3) is 8.12. The lowest BCUT2D eigenvalue weighted by Crippen LogP contribution is -2.28. The van der Waals surface area contributed by atoms with E-state index in [2.05, 4.69) is 30.9 Å². The third-order valence-corrected chi connectivity index (χ3v) is 6.80. The van der Waals surface area contributed by atoms with Gasteiger partial charge in [-0.3, -0.25) is 4.57 Å². The summed E-state index contributed by atoms with van der Waals surface area (Å²) in [7, 11) is -2.43. The molecular formula is C22H31BrN5O7P. The number of nitrogens with zero attached hydrogens (tertiary/aromatic N) is 4. The van der Waals surface area contributed by atoms with Gasteiger partial charge in [-0.2, -0.15) is 9.97 Å².